The van der Waals surface area contributed by atoms with Gasteiger partial charge in [0.15, 0.2) is 0 Å². The summed E-state index contributed by atoms with van der Waals surface area (Å²) in [5.74, 6) is 1.18. The average Bonchev–Trinajstić information content (AvgIpc) is 2.68. The molecule has 0 unspecified atom stereocenters. The Morgan fingerprint density at radius 2 is 1.82 bits per heavy atom. The highest BCUT2D eigenvalue weighted by atomic mass is 16.5. The molecule has 2 aromatic carbocycles. The van der Waals surface area contributed by atoms with Crippen molar-refractivity contribution in [1.29, 1.82) is 0 Å². The highest BCUT2D eigenvalue weighted by Crippen LogP contribution is 2.22. The molecule has 152 valence electrons. The summed E-state index contributed by atoms with van der Waals surface area (Å²) in [6, 6.07) is 16.0. The summed E-state index contributed by atoms with van der Waals surface area (Å²) in [5, 5.41) is 3.10. The molecule has 0 saturated heterocycles. The molecule has 0 spiro atoms. The monoisotopic (exact) mass is 383 g/mol. The minimum atomic E-state index is -0.0614. The molecule has 1 N–H and O–H groups in total. The number of hydrogen-bond acceptors (Lipinski definition) is 3. The number of amides is 1. The van der Waals surface area contributed by atoms with Crippen LogP contribution in [0.3, 0.4) is 0 Å². The van der Waals surface area contributed by atoms with E-state index in [2.05, 4.69) is 31.3 Å². The van der Waals surface area contributed by atoms with E-state index in [4.69, 9.17) is 9.47 Å². The molecule has 2 rings (SSSR count). The highest BCUT2D eigenvalue weighted by Gasteiger charge is 2.13. The Kier molecular flexibility index (Phi) is 9.02. The molecule has 0 aliphatic heterocycles. The van der Waals surface area contributed by atoms with Crippen LogP contribution in [0.15, 0.2) is 48.5 Å². The Bertz CT molecular complexity index is 728. The molecule has 1 atom stereocenters. The summed E-state index contributed by atoms with van der Waals surface area (Å²) in [6.07, 6.45) is 1.84. The fraction of sp³-hybridized carbons (Fsp3) is 0.458. The molecule has 4 heteroatoms. The van der Waals surface area contributed by atoms with Crippen molar-refractivity contribution in [3.8, 4) is 5.75 Å². The van der Waals surface area contributed by atoms with Crippen LogP contribution in [0.1, 0.15) is 55.6 Å². The zero-order chi connectivity index (χ0) is 20.4. The van der Waals surface area contributed by atoms with Crippen LogP contribution in [0, 0.1) is 5.92 Å². The SMILES string of the molecule is CCOc1ccc(C(=O)N[C@@H](C)CCc2ccccc2)cc1COCC(C)C. The fourth-order valence-electron chi connectivity index (χ4n) is 2.94. The molecule has 0 fully saturated rings. The number of ether oxygens (including phenoxy) is 2. The van der Waals surface area contributed by atoms with Crippen molar-refractivity contribution in [3.05, 3.63) is 65.2 Å². The second-order valence-corrected chi connectivity index (χ2v) is 7.56. The first-order valence-electron chi connectivity index (χ1n) is 10.2. The fourth-order valence-corrected chi connectivity index (χ4v) is 2.94. The Labute approximate surface area is 169 Å². The lowest BCUT2D eigenvalue weighted by Crippen LogP contribution is -2.33. The van der Waals surface area contributed by atoms with Crippen molar-refractivity contribution in [1.82, 2.24) is 5.32 Å². The maximum atomic E-state index is 12.7. The van der Waals surface area contributed by atoms with Crippen LogP contribution in [-0.4, -0.2) is 25.2 Å². The Balaban J connectivity index is 1.96. The third-order valence-electron chi connectivity index (χ3n) is 4.42. The van der Waals surface area contributed by atoms with E-state index in [9.17, 15) is 4.79 Å². The molecule has 0 heterocycles. The van der Waals surface area contributed by atoms with Crippen LogP contribution in [0.4, 0.5) is 0 Å². The second-order valence-electron chi connectivity index (χ2n) is 7.56. The largest absolute Gasteiger partial charge is 0.494 e. The smallest absolute Gasteiger partial charge is 0.251 e. The van der Waals surface area contributed by atoms with Crippen molar-refractivity contribution < 1.29 is 14.3 Å². The molecule has 0 aliphatic rings. The molecule has 0 radical (unpaired) electrons. The van der Waals surface area contributed by atoms with Gasteiger partial charge in [-0.2, -0.15) is 0 Å². The molecule has 0 saturated carbocycles. The first-order chi connectivity index (χ1) is 13.5. The molecule has 2 aromatic rings. The number of carbonyl (C=O) groups excluding carboxylic acids is 1. The third-order valence-corrected chi connectivity index (χ3v) is 4.42. The van der Waals surface area contributed by atoms with Crippen LogP contribution >= 0.6 is 0 Å². The summed E-state index contributed by atoms with van der Waals surface area (Å²) in [4.78, 5) is 12.7. The topological polar surface area (TPSA) is 47.6 Å². The summed E-state index contributed by atoms with van der Waals surface area (Å²) >= 11 is 0. The molecular formula is C24H33NO3. The van der Waals surface area contributed by atoms with Gasteiger partial charge in [-0.25, -0.2) is 0 Å². The zero-order valence-electron chi connectivity index (χ0n) is 17.5. The van der Waals surface area contributed by atoms with E-state index in [1.165, 1.54) is 5.56 Å². The van der Waals surface area contributed by atoms with E-state index in [-0.39, 0.29) is 11.9 Å². The predicted molar refractivity (Wildman–Crippen MR) is 114 cm³/mol. The number of benzene rings is 2. The van der Waals surface area contributed by atoms with Crippen LogP contribution in [-0.2, 0) is 17.8 Å². The van der Waals surface area contributed by atoms with Gasteiger partial charge < -0.3 is 14.8 Å². The summed E-state index contributed by atoms with van der Waals surface area (Å²) < 4.78 is 11.4. The van der Waals surface area contributed by atoms with Gasteiger partial charge in [0.1, 0.15) is 5.75 Å². The number of carbonyl (C=O) groups is 1. The van der Waals surface area contributed by atoms with Gasteiger partial charge in [0.2, 0.25) is 0 Å². The van der Waals surface area contributed by atoms with Crippen molar-refractivity contribution in [2.75, 3.05) is 13.2 Å². The van der Waals surface area contributed by atoms with Gasteiger partial charge in [-0.05, 0) is 56.4 Å². The van der Waals surface area contributed by atoms with Gasteiger partial charge in [-0.15, -0.1) is 0 Å². The van der Waals surface area contributed by atoms with E-state index in [0.717, 1.165) is 24.2 Å². The zero-order valence-corrected chi connectivity index (χ0v) is 17.5. The van der Waals surface area contributed by atoms with Crippen LogP contribution in [0.25, 0.3) is 0 Å². The van der Waals surface area contributed by atoms with Crippen LogP contribution in [0.5, 0.6) is 5.75 Å². The normalized spacial score (nSPS) is 12.0. The maximum Gasteiger partial charge on any atom is 0.251 e. The van der Waals surface area contributed by atoms with Crippen molar-refractivity contribution >= 4 is 5.91 Å². The molecule has 28 heavy (non-hydrogen) atoms. The van der Waals surface area contributed by atoms with E-state index < -0.39 is 0 Å². The van der Waals surface area contributed by atoms with E-state index >= 15 is 0 Å². The summed E-state index contributed by atoms with van der Waals surface area (Å²) in [7, 11) is 0. The minimum Gasteiger partial charge on any atom is -0.494 e. The van der Waals surface area contributed by atoms with Crippen molar-refractivity contribution in [3.63, 3.8) is 0 Å². The predicted octanol–water partition coefficient (Wildman–Crippen LogP) is 5.01. The standard InChI is InChI=1S/C24H33NO3/c1-5-28-23-14-13-21(15-22(23)17-27-16-18(2)3)24(26)25-19(4)11-12-20-9-7-6-8-10-20/h6-10,13-15,18-19H,5,11-12,16-17H2,1-4H3,(H,25,26)/t19-/m0/s1. The van der Waals surface area contributed by atoms with Gasteiger partial charge >= 0.3 is 0 Å². The Morgan fingerprint density at radius 3 is 2.50 bits per heavy atom. The van der Waals surface area contributed by atoms with E-state index in [1.54, 1.807) is 0 Å². The number of aryl methyl sites for hydroxylation is 1. The lowest BCUT2D eigenvalue weighted by atomic mass is 10.1. The van der Waals surface area contributed by atoms with E-state index in [0.29, 0.717) is 31.3 Å². The number of rotatable bonds is 11. The summed E-state index contributed by atoms with van der Waals surface area (Å²) in [5.41, 5.74) is 2.83. The average molecular weight is 384 g/mol. The molecule has 4 nitrogen and oxygen atoms in total. The van der Waals surface area contributed by atoms with Crippen LogP contribution < -0.4 is 10.1 Å². The minimum absolute atomic E-state index is 0.0614. The first-order valence-corrected chi connectivity index (χ1v) is 10.2. The van der Waals surface area contributed by atoms with Gasteiger partial charge in [0.05, 0.1) is 13.2 Å². The van der Waals surface area contributed by atoms with E-state index in [1.807, 2.05) is 50.2 Å². The number of hydrogen-bond donors (Lipinski definition) is 1. The van der Waals surface area contributed by atoms with Crippen molar-refractivity contribution in [2.24, 2.45) is 5.92 Å². The second kappa shape index (κ2) is 11.5. The van der Waals surface area contributed by atoms with Gasteiger partial charge in [0.25, 0.3) is 5.91 Å². The van der Waals surface area contributed by atoms with Gasteiger partial charge in [-0.3, -0.25) is 4.79 Å². The molecule has 0 aromatic heterocycles. The molecule has 1 amide bonds. The molecule has 0 aliphatic carbocycles. The Hall–Kier alpha value is -2.33. The van der Waals surface area contributed by atoms with Gasteiger partial charge in [-0.1, -0.05) is 44.2 Å². The lowest BCUT2D eigenvalue weighted by molar-refractivity contribution is 0.0927. The number of nitrogens with one attached hydrogen (secondary N) is 1. The molecule has 0 bridgehead atoms. The first kappa shape index (κ1) is 22.0. The van der Waals surface area contributed by atoms with Crippen LogP contribution in [0.2, 0.25) is 0 Å². The highest BCUT2D eigenvalue weighted by molar-refractivity contribution is 5.94. The summed E-state index contributed by atoms with van der Waals surface area (Å²) in [6.45, 7) is 9.93. The Morgan fingerprint density at radius 1 is 1.07 bits per heavy atom. The lowest BCUT2D eigenvalue weighted by Gasteiger charge is -2.16. The van der Waals surface area contributed by atoms with Gasteiger partial charge in [0, 0.05) is 23.8 Å². The quantitative estimate of drug-likeness (QED) is 0.593. The third kappa shape index (κ3) is 7.35. The maximum absolute atomic E-state index is 12.7. The van der Waals surface area contributed by atoms with Crippen molar-refractivity contribution in [2.45, 2.75) is 53.2 Å². The molecular weight excluding hydrogens is 350 g/mol.